The maximum Gasteiger partial charge on any atom is 0.320 e. The number of hydrogen-bond donors (Lipinski definition) is 8. The number of aliphatic carboxylic acids is 4. The van der Waals surface area contributed by atoms with Crippen molar-refractivity contribution in [3.63, 3.8) is 0 Å². The number of amides is 5. The first-order valence-electron chi connectivity index (χ1n) is 20.6. The average Bonchev–Trinajstić information content (AvgIpc) is 3.57. The van der Waals surface area contributed by atoms with E-state index in [-0.39, 0.29) is 100 Å². The van der Waals surface area contributed by atoms with Crippen LogP contribution in [-0.4, -0.2) is 207 Å². The fourth-order valence-electron chi connectivity index (χ4n) is 7.36. The Morgan fingerprint density at radius 2 is 1.35 bits per heavy atom. The highest BCUT2D eigenvalue weighted by Gasteiger charge is 2.47. The number of aromatic nitrogens is 1. The summed E-state index contributed by atoms with van der Waals surface area (Å²) >= 11 is 0. The normalized spacial score (nSPS) is 17.8. The van der Waals surface area contributed by atoms with Crippen molar-refractivity contribution >= 4 is 70.0 Å². The molecule has 0 bridgehead atoms. The average molecular weight is 932 g/mol. The first-order valence-corrected chi connectivity index (χ1v) is 20.6. The first-order chi connectivity index (χ1) is 31.2. The lowest BCUT2D eigenvalue weighted by Crippen LogP contribution is -2.55. The fourth-order valence-corrected chi connectivity index (χ4v) is 7.36. The molecule has 66 heavy (non-hydrogen) atoms. The third-order valence-electron chi connectivity index (χ3n) is 10.4. The summed E-state index contributed by atoms with van der Waals surface area (Å²) in [4.78, 5) is 121. The number of hydrogen-bond acceptors (Lipinski definition) is 15. The number of para-hydroxylation sites is 1. The van der Waals surface area contributed by atoms with E-state index in [1.807, 2.05) is 0 Å². The Balaban J connectivity index is 1.23. The molecule has 1 aromatic heterocycles. The van der Waals surface area contributed by atoms with Crippen molar-refractivity contribution < 1.29 is 72.4 Å². The molecule has 1 unspecified atom stereocenters. The minimum atomic E-state index is -3.22. The third kappa shape index (κ3) is 16.2. The number of carbonyl (C=O) groups excluding carboxylic acids is 5. The molecule has 24 nitrogen and oxygen atoms in total. The van der Waals surface area contributed by atoms with Crippen LogP contribution in [0.5, 0.6) is 0 Å². The second-order valence-electron chi connectivity index (χ2n) is 15.5. The van der Waals surface area contributed by atoms with Gasteiger partial charge in [0.1, 0.15) is 12.1 Å². The largest absolute Gasteiger partial charge is 0.480 e. The maximum atomic E-state index is 13.8. The minimum absolute atomic E-state index is 0.0149. The van der Waals surface area contributed by atoms with Crippen molar-refractivity contribution in [1.82, 2.24) is 45.4 Å². The lowest BCUT2D eigenvalue weighted by atomic mass is 10.1. The van der Waals surface area contributed by atoms with Crippen LogP contribution < -0.4 is 21.3 Å². The van der Waals surface area contributed by atoms with Crippen LogP contribution in [0.15, 0.2) is 30.5 Å². The van der Waals surface area contributed by atoms with Gasteiger partial charge in [0.05, 0.1) is 68.9 Å². The Kier molecular flexibility index (Phi) is 19.1. The fraction of sp³-hybridized carbons (Fsp3) is 0.525. The highest BCUT2D eigenvalue weighted by Crippen LogP contribution is 2.31. The molecule has 0 saturated carbocycles. The highest BCUT2D eigenvalue weighted by atomic mass is 19.3. The van der Waals surface area contributed by atoms with Gasteiger partial charge in [0.2, 0.25) is 23.6 Å². The van der Waals surface area contributed by atoms with Crippen molar-refractivity contribution in [3.05, 3.63) is 36.0 Å². The molecule has 0 spiro atoms. The van der Waals surface area contributed by atoms with Crippen molar-refractivity contribution in [1.29, 1.82) is 5.26 Å². The monoisotopic (exact) mass is 931 g/mol. The van der Waals surface area contributed by atoms with Crippen LogP contribution >= 0.6 is 0 Å². The van der Waals surface area contributed by atoms with E-state index in [1.165, 1.54) is 50.1 Å². The number of carboxylic acids is 4. The summed E-state index contributed by atoms with van der Waals surface area (Å²) in [5.41, 5.74) is 0.458. The van der Waals surface area contributed by atoms with Crippen molar-refractivity contribution in [2.45, 2.75) is 50.1 Å². The van der Waals surface area contributed by atoms with Crippen molar-refractivity contribution in [2.75, 3.05) is 90.6 Å². The molecule has 2 fully saturated rings. The molecule has 3 heterocycles. The summed E-state index contributed by atoms with van der Waals surface area (Å²) in [6.45, 7) is -3.41. The van der Waals surface area contributed by atoms with E-state index in [4.69, 9.17) is 5.26 Å². The zero-order valence-corrected chi connectivity index (χ0v) is 35.6. The molecule has 0 radical (unpaired) electrons. The molecule has 2 aliphatic rings. The number of likely N-dealkylation sites (tertiary alicyclic amines) is 1. The molecule has 2 saturated heterocycles. The van der Waals surface area contributed by atoms with Crippen LogP contribution in [0.25, 0.3) is 10.9 Å². The van der Waals surface area contributed by atoms with Gasteiger partial charge < -0.3 is 46.6 Å². The van der Waals surface area contributed by atoms with Crippen LogP contribution in [-0.2, 0) is 38.4 Å². The molecule has 2 aliphatic heterocycles. The van der Waals surface area contributed by atoms with Crippen molar-refractivity contribution in [2.24, 2.45) is 0 Å². The molecule has 358 valence electrons. The number of fused-ring (bicyclic) bond motifs is 1. The Morgan fingerprint density at radius 1 is 0.773 bits per heavy atom. The molecule has 2 aromatic rings. The highest BCUT2D eigenvalue weighted by molar-refractivity contribution is 6.10. The molecule has 1 aromatic carbocycles. The van der Waals surface area contributed by atoms with Gasteiger partial charge in [0.15, 0.2) is 0 Å². The number of nitrogens with zero attached hydrogens (tertiary/aromatic N) is 7. The number of alkyl halides is 2. The van der Waals surface area contributed by atoms with Gasteiger partial charge in [0.25, 0.3) is 11.8 Å². The predicted octanol–water partition coefficient (Wildman–Crippen LogP) is -1.70. The number of benzene rings is 1. The smallest absolute Gasteiger partial charge is 0.320 e. The second kappa shape index (κ2) is 24.4. The Labute approximate surface area is 375 Å². The molecular weight excluding hydrogens is 880 g/mol. The van der Waals surface area contributed by atoms with Gasteiger partial charge >= 0.3 is 23.9 Å². The summed E-state index contributed by atoms with van der Waals surface area (Å²) in [5.74, 6) is -11.4. The molecule has 5 amide bonds. The molecule has 26 heteroatoms. The van der Waals surface area contributed by atoms with Crippen LogP contribution in [0.4, 0.5) is 14.5 Å². The van der Waals surface area contributed by atoms with Gasteiger partial charge in [0, 0.05) is 76.5 Å². The van der Waals surface area contributed by atoms with E-state index in [1.54, 1.807) is 6.07 Å². The van der Waals surface area contributed by atoms with E-state index in [0.29, 0.717) is 4.90 Å². The lowest BCUT2D eigenvalue weighted by molar-refractivity contribution is -0.147. The number of nitriles is 1. The Bertz CT molecular complexity index is 2190. The van der Waals surface area contributed by atoms with Crippen molar-refractivity contribution in [3.8, 4) is 6.07 Å². The van der Waals surface area contributed by atoms with E-state index in [0.717, 1.165) is 0 Å². The lowest BCUT2D eigenvalue weighted by Gasteiger charge is -2.38. The zero-order valence-electron chi connectivity index (χ0n) is 35.6. The van der Waals surface area contributed by atoms with Crippen LogP contribution in [0.3, 0.4) is 0 Å². The topological polar surface area (TPSA) is 336 Å². The van der Waals surface area contributed by atoms with Gasteiger partial charge in [-0.05, 0) is 18.6 Å². The number of carboxylic acid groups (broad SMARTS) is 4. The number of nitrogens with one attached hydrogen (secondary N) is 4. The van der Waals surface area contributed by atoms with E-state index in [9.17, 15) is 72.4 Å². The molecule has 2 atom stereocenters. The molecule has 4 rings (SSSR count). The summed E-state index contributed by atoms with van der Waals surface area (Å²) < 4.78 is 27.6. The SMILES string of the molecule is N#C[C@@H]1CC(F)(F)CN1C(=O)CNC(=O)c1ccnc2c(NC(=O)CCC(=O)NCCNC(=O)CCC(C(=O)O)N3CCN(CC(=O)O)CN(CC(=O)O)CCN(CC(=O)O)C3)cccc12. The van der Waals surface area contributed by atoms with E-state index >= 15 is 0 Å². The summed E-state index contributed by atoms with van der Waals surface area (Å²) in [6.07, 6.45) is -0.553. The van der Waals surface area contributed by atoms with Gasteiger partial charge in [-0.15, -0.1) is 0 Å². The third-order valence-corrected chi connectivity index (χ3v) is 10.4. The first kappa shape index (κ1) is 51.7. The molecule has 0 aliphatic carbocycles. The number of pyridine rings is 1. The maximum absolute atomic E-state index is 13.8. The van der Waals surface area contributed by atoms with Crippen LogP contribution in [0.1, 0.15) is 42.5 Å². The number of carbonyl (C=O) groups is 9. The number of rotatable bonds is 21. The Morgan fingerprint density at radius 3 is 1.94 bits per heavy atom. The number of halogens is 2. The van der Waals surface area contributed by atoms with Gasteiger partial charge in [-0.2, -0.15) is 5.26 Å². The Hall–Kier alpha value is -6.95. The van der Waals surface area contributed by atoms with Crippen LogP contribution in [0.2, 0.25) is 0 Å². The summed E-state index contributed by atoms with van der Waals surface area (Å²) in [7, 11) is 0. The standard InChI is InChI=1S/C40H51F2N11O13/c41-40(42)16-25(17-43)53(22-40)33(57)18-47-38(64)27-8-9-46-37-26(27)2-1-3-28(37)48-32(56)7-6-31(55)45-11-10-44-30(54)5-4-29(39(65)66)52-15-14-50(20-35(60)61)23-49(19-34(58)59)12-13-51(24-52)21-36(62)63/h1-3,8-9,25,29H,4-7,10-16,18-24H2,(H,44,54)(H,45,55)(H,47,64)(H,48,56)(H,58,59)(H,60,61)(H,62,63)(H,65,66)/t25-,29?/m0/s1. The van der Waals surface area contributed by atoms with Crippen LogP contribution in [0, 0.1) is 11.3 Å². The van der Waals surface area contributed by atoms with Gasteiger partial charge in [-0.25, -0.2) is 8.78 Å². The van der Waals surface area contributed by atoms with E-state index < -0.39 is 111 Å². The predicted molar refractivity (Wildman–Crippen MR) is 223 cm³/mol. The van der Waals surface area contributed by atoms with Gasteiger partial charge in [-0.3, -0.25) is 67.7 Å². The summed E-state index contributed by atoms with van der Waals surface area (Å²) in [5, 5.41) is 58.0. The minimum Gasteiger partial charge on any atom is -0.480 e. The summed E-state index contributed by atoms with van der Waals surface area (Å²) in [6, 6.07) is 4.97. The zero-order chi connectivity index (χ0) is 48.6. The molecular formula is C40H51F2N11O13. The quantitative estimate of drug-likeness (QED) is 0.0647. The molecule has 8 N–H and O–H groups in total. The number of anilines is 1. The second-order valence-corrected chi connectivity index (χ2v) is 15.5. The van der Waals surface area contributed by atoms with E-state index in [2.05, 4.69) is 26.3 Å². The van der Waals surface area contributed by atoms with Gasteiger partial charge in [-0.1, -0.05) is 12.1 Å².